The van der Waals surface area contributed by atoms with E-state index >= 15 is 0 Å². The van der Waals surface area contributed by atoms with E-state index in [1.54, 1.807) is 6.21 Å². The molecule has 4 aromatic rings. The first kappa shape index (κ1) is 21.6. The van der Waals surface area contributed by atoms with Crippen LogP contribution in [0.15, 0.2) is 84.0 Å². The molecule has 5 rings (SSSR count). The second-order valence-corrected chi connectivity index (χ2v) is 9.08. The lowest BCUT2D eigenvalue weighted by Gasteiger charge is -2.30. The Hall–Kier alpha value is -3.21. The summed E-state index contributed by atoms with van der Waals surface area (Å²) < 4.78 is 0. The number of rotatable bonds is 5. The van der Waals surface area contributed by atoms with Crippen molar-refractivity contribution < 1.29 is 4.79 Å². The van der Waals surface area contributed by atoms with E-state index < -0.39 is 0 Å². The Morgan fingerprint density at radius 2 is 1.55 bits per heavy atom. The average molecular weight is 456 g/mol. The molecule has 1 fully saturated rings. The van der Waals surface area contributed by atoms with E-state index in [0.29, 0.717) is 0 Å². The molecule has 0 aromatic heterocycles. The van der Waals surface area contributed by atoms with E-state index in [-0.39, 0.29) is 11.8 Å². The molecule has 5 heteroatoms. The van der Waals surface area contributed by atoms with Crippen molar-refractivity contribution in [1.82, 2.24) is 10.3 Å². The third kappa shape index (κ3) is 4.92. The number of benzene rings is 4. The van der Waals surface area contributed by atoms with E-state index in [0.717, 1.165) is 64.6 Å². The van der Waals surface area contributed by atoms with E-state index in [4.69, 9.17) is 11.6 Å². The number of halogens is 1. The number of hydrogen-bond acceptors (Lipinski definition) is 3. The number of carbonyl (C=O) groups is 1. The Bertz CT molecular complexity index is 1250. The monoisotopic (exact) mass is 455 g/mol. The van der Waals surface area contributed by atoms with Crippen molar-refractivity contribution in [2.45, 2.75) is 19.4 Å². The number of piperidine rings is 1. The molecule has 166 valence electrons. The molecule has 1 saturated heterocycles. The minimum absolute atomic E-state index is 0.00179. The third-order valence-electron chi connectivity index (χ3n) is 6.46. The number of hydrogen-bond donors (Lipinski definition) is 1. The van der Waals surface area contributed by atoms with Crippen LogP contribution in [0.5, 0.6) is 0 Å². The second kappa shape index (κ2) is 9.74. The maximum Gasteiger partial charge on any atom is 0.243 e. The largest absolute Gasteiger partial charge is 0.299 e. The summed E-state index contributed by atoms with van der Waals surface area (Å²) in [6.07, 6.45) is 3.47. The van der Waals surface area contributed by atoms with E-state index in [1.165, 1.54) is 5.56 Å². The molecule has 33 heavy (non-hydrogen) atoms. The Kier molecular flexibility index (Phi) is 6.38. The van der Waals surface area contributed by atoms with Gasteiger partial charge in [0, 0.05) is 23.0 Å². The molecule has 0 radical (unpaired) electrons. The van der Waals surface area contributed by atoms with Crippen LogP contribution >= 0.6 is 11.6 Å². The van der Waals surface area contributed by atoms with Gasteiger partial charge in [-0.1, -0.05) is 72.3 Å². The van der Waals surface area contributed by atoms with Crippen LogP contribution < -0.4 is 5.43 Å². The minimum Gasteiger partial charge on any atom is -0.299 e. The predicted molar refractivity (Wildman–Crippen MR) is 137 cm³/mol. The molecule has 0 atom stereocenters. The summed E-state index contributed by atoms with van der Waals surface area (Å²) in [6.45, 7) is 2.69. The van der Waals surface area contributed by atoms with Crippen LogP contribution in [0.25, 0.3) is 21.5 Å². The van der Waals surface area contributed by atoms with Crippen LogP contribution in [-0.4, -0.2) is 30.1 Å². The summed E-state index contributed by atoms with van der Waals surface area (Å²) in [7, 11) is 0. The van der Waals surface area contributed by atoms with Crippen molar-refractivity contribution in [2.75, 3.05) is 13.1 Å². The molecule has 0 spiro atoms. The van der Waals surface area contributed by atoms with E-state index in [9.17, 15) is 4.79 Å². The lowest BCUT2D eigenvalue weighted by molar-refractivity contribution is -0.126. The van der Waals surface area contributed by atoms with Crippen molar-refractivity contribution in [3.8, 4) is 0 Å². The van der Waals surface area contributed by atoms with Crippen molar-refractivity contribution >= 4 is 45.3 Å². The SMILES string of the molecule is O=C(N/N=C\c1c2ccccc2cc2ccccc12)C1CCN(Cc2ccc(Cl)cc2)CC1. The van der Waals surface area contributed by atoms with Gasteiger partial charge in [0.05, 0.1) is 6.21 Å². The van der Waals surface area contributed by atoms with Gasteiger partial charge >= 0.3 is 0 Å². The molecule has 1 aliphatic rings. The number of hydrazone groups is 1. The Balaban J connectivity index is 1.23. The maximum absolute atomic E-state index is 12.8. The quantitative estimate of drug-likeness (QED) is 0.227. The Morgan fingerprint density at radius 1 is 0.939 bits per heavy atom. The van der Waals surface area contributed by atoms with Gasteiger partial charge < -0.3 is 0 Å². The van der Waals surface area contributed by atoms with Gasteiger partial charge in [0.15, 0.2) is 0 Å². The van der Waals surface area contributed by atoms with Gasteiger partial charge in [-0.15, -0.1) is 0 Å². The molecule has 0 bridgehead atoms. The minimum atomic E-state index is -0.00659. The fourth-order valence-corrected chi connectivity index (χ4v) is 4.77. The molecule has 0 unspecified atom stereocenters. The number of amides is 1. The molecule has 4 aromatic carbocycles. The highest BCUT2D eigenvalue weighted by Crippen LogP contribution is 2.27. The molecule has 1 aliphatic heterocycles. The molecular weight excluding hydrogens is 430 g/mol. The first-order chi connectivity index (χ1) is 16.2. The Labute approximate surface area is 198 Å². The summed E-state index contributed by atoms with van der Waals surface area (Å²) in [6, 6.07) is 26.7. The number of carbonyl (C=O) groups excluding carboxylic acids is 1. The van der Waals surface area contributed by atoms with Crippen molar-refractivity contribution in [3.05, 3.63) is 95.0 Å². The fourth-order valence-electron chi connectivity index (χ4n) is 4.64. The lowest BCUT2D eigenvalue weighted by atomic mass is 9.96. The molecule has 0 aliphatic carbocycles. The van der Waals surface area contributed by atoms with Crippen LogP contribution in [0.2, 0.25) is 5.02 Å². The lowest BCUT2D eigenvalue weighted by Crippen LogP contribution is -2.39. The summed E-state index contributed by atoms with van der Waals surface area (Å²) in [5, 5.41) is 9.70. The third-order valence-corrected chi connectivity index (χ3v) is 6.71. The van der Waals surface area contributed by atoms with Gasteiger partial charge in [-0.05, 0) is 71.2 Å². The first-order valence-electron chi connectivity index (χ1n) is 11.4. The zero-order chi connectivity index (χ0) is 22.6. The van der Waals surface area contributed by atoms with Gasteiger partial charge in [-0.2, -0.15) is 5.10 Å². The molecule has 1 N–H and O–H groups in total. The van der Waals surface area contributed by atoms with Crippen molar-refractivity contribution in [1.29, 1.82) is 0 Å². The average Bonchev–Trinajstić information content (AvgIpc) is 2.85. The molecule has 1 amide bonds. The van der Waals surface area contributed by atoms with Crippen molar-refractivity contribution in [3.63, 3.8) is 0 Å². The van der Waals surface area contributed by atoms with Crippen LogP contribution in [0.4, 0.5) is 0 Å². The highest BCUT2D eigenvalue weighted by molar-refractivity contribution is 6.30. The molecular formula is C28H26ClN3O. The first-order valence-corrected chi connectivity index (χ1v) is 11.8. The standard InChI is InChI=1S/C28H26ClN3O/c29-24-11-9-20(10-12-24)19-32-15-13-21(14-16-32)28(33)31-30-18-27-25-7-3-1-5-22(25)17-23-6-2-4-8-26(23)27/h1-12,17-18,21H,13-16,19H2,(H,31,33)/b30-18-. The van der Waals surface area contributed by atoms with Crippen LogP contribution in [0, 0.1) is 5.92 Å². The highest BCUT2D eigenvalue weighted by Gasteiger charge is 2.24. The van der Waals surface area contributed by atoms with Crippen LogP contribution in [0.1, 0.15) is 24.0 Å². The van der Waals surface area contributed by atoms with Gasteiger partial charge in [0.1, 0.15) is 0 Å². The zero-order valence-corrected chi connectivity index (χ0v) is 19.1. The highest BCUT2D eigenvalue weighted by atomic mass is 35.5. The molecule has 1 heterocycles. The second-order valence-electron chi connectivity index (χ2n) is 8.64. The van der Waals surface area contributed by atoms with Gasteiger partial charge in [0.2, 0.25) is 5.91 Å². The van der Waals surface area contributed by atoms with E-state index in [2.05, 4.69) is 57.9 Å². The van der Waals surface area contributed by atoms with Gasteiger partial charge in [0.25, 0.3) is 0 Å². The van der Waals surface area contributed by atoms with Crippen molar-refractivity contribution in [2.24, 2.45) is 11.0 Å². The zero-order valence-electron chi connectivity index (χ0n) is 18.4. The summed E-state index contributed by atoms with van der Waals surface area (Å²) >= 11 is 5.98. The van der Waals surface area contributed by atoms with Crippen LogP contribution in [0.3, 0.4) is 0 Å². The van der Waals surface area contributed by atoms with Crippen LogP contribution in [-0.2, 0) is 11.3 Å². The Morgan fingerprint density at radius 3 is 2.18 bits per heavy atom. The van der Waals surface area contributed by atoms with Gasteiger partial charge in [-0.3, -0.25) is 9.69 Å². The molecule has 4 nitrogen and oxygen atoms in total. The fraction of sp³-hybridized carbons (Fsp3) is 0.214. The van der Waals surface area contributed by atoms with E-state index in [1.807, 2.05) is 36.4 Å². The number of likely N-dealkylation sites (tertiary alicyclic amines) is 1. The maximum atomic E-state index is 12.8. The number of fused-ring (bicyclic) bond motifs is 2. The van der Waals surface area contributed by atoms with Gasteiger partial charge in [-0.25, -0.2) is 5.43 Å². The number of nitrogens with zero attached hydrogens (tertiary/aromatic N) is 2. The number of nitrogens with one attached hydrogen (secondary N) is 1. The topological polar surface area (TPSA) is 44.7 Å². The summed E-state index contributed by atoms with van der Waals surface area (Å²) in [5.74, 6) is -0.00480. The summed E-state index contributed by atoms with van der Waals surface area (Å²) in [4.78, 5) is 15.1. The normalized spacial score (nSPS) is 15.4. The smallest absolute Gasteiger partial charge is 0.243 e. The molecule has 0 saturated carbocycles. The summed E-state index contributed by atoms with van der Waals surface area (Å²) in [5.41, 5.74) is 5.07. The predicted octanol–water partition coefficient (Wildman–Crippen LogP) is 6.01.